The standard InChI is InChI=1S/C17H18N6O2/c1-25-12-6-4-11(5-7-12)14-9-15(16-21-19-10-23(16)22-14)20-13-3-2-8-18-17(13)24/h4-7,9-10,13,20H,2-3,8H2,1H3,(H,18,24). The predicted octanol–water partition coefficient (Wildman–Crippen LogP) is 1.49. The molecular weight excluding hydrogens is 320 g/mol. The number of carbonyl (C=O) groups is 1. The van der Waals surface area contributed by atoms with Gasteiger partial charge in [-0.2, -0.15) is 9.61 Å². The molecule has 3 aromatic rings. The Morgan fingerprint density at radius 1 is 1.32 bits per heavy atom. The fraction of sp³-hybridized carbons (Fsp3) is 0.294. The Hall–Kier alpha value is -3.16. The Balaban J connectivity index is 1.72. The number of amides is 1. The zero-order valence-corrected chi connectivity index (χ0v) is 13.8. The van der Waals surface area contributed by atoms with Gasteiger partial charge < -0.3 is 15.4 Å². The smallest absolute Gasteiger partial charge is 0.242 e. The van der Waals surface area contributed by atoms with Crippen LogP contribution < -0.4 is 15.4 Å². The summed E-state index contributed by atoms with van der Waals surface area (Å²) in [7, 11) is 1.63. The molecule has 1 aliphatic heterocycles. The summed E-state index contributed by atoms with van der Waals surface area (Å²) in [5, 5.41) is 18.7. The first-order chi connectivity index (χ1) is 12.2. The number of methoxy groups -OCH3 is 1. The van der Waals surface area contributed by atoms with E-state index in [0.717, 1.165) is 42.1 Å². The average molecular weight is 338 g/mol. The largest absolute Gasteiger partial charge is 0.497 e. The highest BCUT2D eigenvalue weighted by Crippen LogP contribution is 2.26. The first-order valence-corrected chi connectivity index (χ1v) is 8.14. The van der Waals surface area contributed by atoms with Crippen LogP contribution in [0.5, 0.6) is 5.75 Å². The number of piperidine rings is 1. The summed E-state index contributed by atoms with van der Waals surface area (Å²) in [5.41, 5.74) is 3.03. The molecule has 3 heterocycles. The van der Waals surface area contributed by atoms with Gasteiger partial charge in [-0.25, -0.2) is 0 Å². The van der Waals surface area contributed by atoms with Gasteiger partial charge in [0.25, 0.3) is 0 Å². The van der Waals surface area contributed by atoms with Crippen LogP contribution in [0, 0.1) is 0 Å². The molecule has 1 atom stereocenters. The maximum absolute atomic E-state index is 12.1. The number of anilines is 1. The zero-order chi connectivity index (χ0) is 17.2. The summed E-state index contributed by atoms with van der Waals surface area (Å²) in [6.07, 6.45) is 3.28. The summed E-state index contributed by atoms with van der Waals surface area (Å²) < 4.78 is 6.81. The van der Waals surface area contributed by atoms with Gasteiger partial charge in [0.2, 0.25) is 11.6 Å². The van der Waals surface area contributed by atoms with Crippen LogP contribution in [0.2, 0.25) is 0 Å². The third-order valence-electron chi connectivity index (χ3n) is 4.27. The minimum Gasteiger partial charge on any atom is -0.497 e. The number of nitrogens with one attached hydrogen (secondary N) is 2. The van der Waals surface area contributed by atoms with E-state index in [4.69, 9.17) is 4.74 Å². The van der Waals surface area contributed by atoms with Gasteiger partial charge in [0.1, 0.15) is 18.1 Å². The lowest BCUT2D eigenvalue weighted by molar-refractivity contribution is -0.123. The molecule has 0 radical (unpaired) electrons. The van der Waals surface area contributed by atoms with Gasteiger partial charge in [0, 0.05) is 12.1 Å². The maximum Gasteiger partial charge on any atom is 0.242 e. The van der Waals surface area contributed by atoms with Gasteiger partial charge in [-0.15, -0.1) is 10.2 Å². The highest BCUT2D eigenvalue weighted by atomic mass is 16.5. The van der Waals surface area contributed by atoms with Gasteiger partial charge in [0.05, 0.1) is 18.5 Å². The van der Waals surface area contributed by atoms with Gasteiger partial charge in [0.15, 0.2) is 0 Å². The molecule has 8 heteroatoms. The van der Waals surface area contributed by atoms with Crippen molar-refractivity contribution in [1.82, 2.24) is 25.1 Å². The molecule has 0 bridgehead atoms. The number of rotatable bonds is 4. The molecule has 1 fully saturated rings. The molecule has 2 aromatic heterocycles. The molecule has 1 aliphatic rings. The summed E-state index contributed by atoms with van der Waals surface area (Å²) in [4.78, 5) is 12.1. The SMILES string of the molecule is COc1ccc(-c2cc(NC3CCCNC3=O)c3nncn3n2)cc1. The van der Waals surface area contributed by atoms with Crippen molar-refractivity contribution in [3.05, 3.63) is 36.7 Å². The van der Waals surface area contributed by atoms with E-state index in [0.29, 0.717) is 5.65 Å². The first-order valence-electron chi connectivity index (χ1n) is 8.14. The highest BCUT2D eigenvalue weighted by Gasteiger charge is 2.23. The van der Waals surface area contributed by atoms with E-state index >= 15 is 0 Å². The topological polar surface area (TPSA) is 93.4 Å². The monoisotopic (exact) mass is 338 g/mol. The Labute approximate surface area is 144 Å². The molecule has 0 spiro atoms. The third-order valence-corrected chi connectivity index (χ3v) is 4.27. The van der Waals surface area contributed by atoms with E-state index in [2.05, 4.69) is 25.9 Å². The van der Waals surface area contributed by atoms with Crippen molar-refractivity contribution in [2.45, 2.75) is 18.9 Å². The number of aromatic nitrogens is 4. The summed E-state index contributed by atoms with van der Waals surface area (Å²) in [6.45, 7) is 0.727. The normalized spacial score (nSPS) is 17.3. The van der Waals surface area contributed by atoms with Crippen LogP contribution in [0.15, 0.2) is 36.7 Å². The van der Waals surface area contributed by atoms with E-state index in [1.54, 1.807) is 18.0 Å². The number of nitrogens with zero attached hydrogens (tertiary/aromatic N) is 4. The lowest BCUT2D eigenvalue weighted by Crippen LogP contribution is -2.44. The van der Waals surface area contributed by atoms with E-state index in [-0.39, 0.29) is 11.9 Å². The molecule has 128 valence electrons. The third kappa shape index (κ3) is 2.98. The Morgan fingerprint density at radius 3 is 2.92 bits per heavy atom. The van der Waals surface area contributed by atoms with Gasteiger partial charge in [-0.1, -0.05) is 0 Å². The van der Waals surface area contributed by atoms with Crippen LogP contribution in [0.3, 0.4) is 0 Å². The highest BCUT2D eigenvalue weighted by molar-refractivity contribution is 5.87. The van der Waals surface area contributed by atoms with E-state index in [1.165, 1.54) is 0 Å². The van der Waals surface area contributed by atoms with Gasteiger partial charge in [-0.3, -0.25) is 4.79 Å². The number of hydrogen-bond acceptors (Lipinski definition) is 6. The van der Waals surface area contributed by atoms with Crippen molar-refractivity contribution in [3.8, 4) is 17.0 Å². The average Bonchev–Trinajstić information content (AvgIpc) is 3.12. The summed E-state index contributed by atoms with van der Waals surface area (Å²) >= 11 is 0. The second kappa shape index (κ2) is 6.39. The molecule has 0 saturated carbocycles. The Kier molecular flexibility index (Phi) is 3.93. The molecule has 1 aromatic carbocycles. The molecular formula is C17H18N6O2. The van der Waals surface area contributed by atoms with Crippen molar-refractivity contribution in [2.24, 2.45) is 0 Å². The first kappa shape index (κ1) is 15.4. The fourth-order valence-corrected chi connectivity index (χ4v) is 2.93. The minimum absolute atomic E-state index is 0.00623. The molecule has 1 unspecified atom stereocenters. The second-order valence-electron chi connectivity index (χ2n) is 5.90. The van der Waals surface area contributed by atoms with Crippen LogP contribution in [-0.4, -0.2) is 45.4 Å². The minimum atomic E-state index is -0.277. The quantitative estimate of drug-likeness (QED) is 0.749. The van der Waals surface area contributed by atoms with Crippen LogP contribution >= 0.6 is 0 Å². The number of carbonyl (C=O) groups excluding carboxylic acids is 1. The van der Waals surface area contributed by atoms with Gasteiger partial charge >= 0.3 is 0 Å². The lowest BCUT2D eigenvalue weighted by Gasteiger charge is -2.23. The van der Waals surface area contributed by atoms with E-state index in [9.17, 15) is 4.79 Å². The van der Waals surface area contributed by atoms with Crippen LogP contribution in [0.4, 0.5) is 5.69 Å². The van der Waals surface area contributed by atoms with Crippen molar-refractivity contribution >= 4 is 17.2 Å². The number of ether oxygens (including phenoxy) is 1. The number of benzene rings is 1. The molecule has 4 rings (SSSR count). The van der Waals surface area contributed by atoms with Crippen LogP contribution in [0.1, 0.15) is 12.8 Å². The Bertz CT molecular complexity index is 905. The predicted molar refractivity (Wildman–Crippen MR) is 92.4 cm³/mol. The van der Waals surface area contributed by atoms with Gasteiger partial charge in [-0.05, 0) is 43.2 Å². The molecule has 25 heavy (non-hydrogen) atoms. The molecule has 8 nitrogen and oxygen atoms in total. The summed E-state index contributed by atoms with van der Waals surface area (Å²) in [5.74, 6) is 0.790. The lowest BCUT2D eigenvalue weighted by atomic mass is 10.1. The van der Waals surface area contributed by atoms with E-state index in [1.807, 2.05) is 30.3 Å². The van der Waals surface area contributed by atoms with Crippen molar-refractivity contribution in [3.63, 3.8) is 0 Å². The second-order valence-corrected chi connectivity index (χ2v) is 5.90. The molecule has 2 N–H and O–H groups in total. The van der Waals surface area contributed by atoms with Crippen molar-refractivity contribution in [1.29, 1.82) is 0 Å². The van der Waals surface area contributed by atoms with Crippen molar-refractivity contribution < 1.29 is 9.53 Å². The fourth-order valence-electron chi connectivity index (χ4n) is 2.93. The summed E-state index contributed by atoms with van der Waals surface area (Å²) in [6, 6.07) is 9.26. The number of fused-ring (bicyclic) bond motifs is 1. The molecule has 0 aliphatic carbocycles. The molecule has 1 amide bonds. The zero-order valence-electron chi connectivity index (χ0n) is 13.8. The maximum atomic E-state index is 12.1. The molecule has 1 saturated heterocycles. The Morgan fingerprint density at radius 2 is 2.16 bits per heavy atom. The number of hydrogen-bond donors (Lipinski definition) is 2. The van der Waals surface area contributed by atoms with E-state index < -0.39 is 0 Å². The van der Waals surface area contributed by atoms with Crippen LogP contribution in [-0.2, 0) is 4.79 Å². The van der Waals surface area contributed by atoms with Crippen LogP contribution in [0.25, 0.3) is 16.9 Å². The van der Waals surface area contributed by atoms with Crippen molar-refractivity contribution in [2.75, 3.05) is 19.0 Å².